The highest BCUT2D eigenvalue weighted by molar-refractivity contribution is 7.90. The molecule has 1 N–H and O–H groups in total. The molecule has 5 nitrogen and oxygen atoms in total. The minimum atomic E-state index is -3.70. The second kappa shape index (κ2) is 7.14. The molecule has 0 aliphatic heterocycles. The van der Waals surface area contributed by atoms with Crippen molar-refractivity contribution >= 4 is 20.7 Å². The maximum Gasteiger partial charge on any atom is 0.261 e. The number of H-pyrrole nitrogens is 1. The molecule has 0 spiro atoms. The molecule has 2 aromatic rings. The Morgan fingerprint density at radius 2 is 1.96 bits per heavy atom. The van der Waals surface area contributed by atoms with Crippen molar-refractivity contribution in [2.75, 3.05) is 19.0 Å². The van der Waals surface area contributed by atoms with E-state index in [1.54, 1.807) is 0 Å². The van der Waals surface area contributed by atoms with Crippen molar-refractivity contribution < 1.29 is 26.3 Å². The van der Waals surface area contributed by atoms with Gasteiger partial charge in [0, 0.05) is 5.56 Å². The molecule has 0 saturated carbocycles. The molecule has 2 rings (SSSR count). The first-order chi connectivity index (χ1) is 10.8. The summed E-state index contributed by atoms with van der Waals surface area (Å²) in [5.41, 5.74) is -0.380. The largest absolute Gasteiger partial charge is 0.374 e. The zero-order chi connectivity index (χ0) is 17.0. The highest BCUT2D eigenvalue weighted by Gasteiger charge is 2.16. The van der Waals surface area contributed by atoms with E-state index < -0.39 is 45.8 Å². The van der Waals surface area contributed by atoms with Crippen LogP contribution in [0.1, 0.15) is 5.56 Å². The van der Waals surface area contributed by atoms with Gasteiger partial charge in [0.25, 0.3) is 12.0 Å². The molecular formula is C14H14F3NO4S. The van der Waals surface area contributed by atoms with Gasteiger partial charge >= 0.3 is 0 Å². The summed E-state index contributed by atoms with van der Waals surface area (Å²) in [6.45, 7) is -1.21. The molecule has 1 aromatic carbocycles. The van der Waals surface area contributed by atoms with E-state index in [-0.39, 0.29) is 17.7 Å². The standard InChI is InChI=1S/C14H14F3NO4S/c15-11-2-1-9-5-10(14(19)18-12(9)6-11)8-23(20,21)4-3-22-7-13(16)17/h1-2,5-6,13H,3-4,7-8H2,(H,18,19). The van der Waals surface area contributed by atoms with Gasteiger partial charge in [-0.2, -0.15) is 0 Å². The van der Waals surface area contributed by atoms with E-state index in [1.165, 1.54) is 18.2 Å². The van der Waals surface area contributed by atoms with Crippen molar-refractivity contribution in [3.05, 3.63) is 46.0 Å². The first-order valence-electron chi connectivity index (χ1n) is 6.64. The van der Waals surface area contributed by atoms with Crippen molar-refractivity contribution in [1.82, 2.24) is 4.98 Å². The molecule has 9 heteroatoms. The molecule has 1 aromatic heterocycles. The summed E-state index contributed by atoms with van der Waals surface area (Å²) in [4.78, 5) is 14.3. The van der Waals surface area contributed by atoms with Gasteiger partial charge in [0.1, 0.15) is 12.4 Å². The van der Waals surface area contributed by atoms with Crippen molar-refractivity contribution in [2.24, 2.45) is 0 Å². The van der Waals surface area contributed by atoms with Gasteiger partial charge in [0.2, 0.25) is 0 Å². The predicted molar refractivity (Wildman–Crippen MR) is 78.8 cm³/mol. The number of nitrogens with one attached hydrogen (secondary N) is 1. The fourth-order valence-electron chi connectivity index (χ4n) is 1.99. The molecule has 0 bridgehead atoms. The van der Waals surface area contributed by atoms with Crippen LogP contribution in [0, 0.1) is 5.82 Å². The summed E-state index contributed by atoms with van der Waals surface area (Å²) in [6, 6.07) is 5.11. The van der Waals surface area contributed by atoms with Gasteiger partial charge in [-0.05, 0) is 29.7 Å². The summed E-state index contributed by atoms with van der Waals surface area (Å²) in [5, 5.41) is 0.491. The SMILES string of the molecule is O=c1[nH]c2cc(F)ccc2cc1CS(=O)(=O)CCOCC(F)F. The molecule has 0 aliphatic rings. The number of hydrogen-bond donors (Lipinski definition) is 1. The van der Waals surface area contributed by atoms with E-state index in [0.29, 0.717) is 5.39 Å². The maximum atomic E-state index is 13.1. The van der Waals surface area contributed by atoms with Crippen LogP contribution in [0.4, 0.5) is 13.2 Å². The smallest absolute Gasteiger partial charge is 0.261 e. The molecule has 0 atom stereocenters. The van der Waals surface area contributed by atoms with Crippen LogP contribution in [-0.2, 0) is 20.3 Å². The molecule has 0 radical (unpaired) electrons. The monoisotopic (exact) mass is 349 g/mol. The first kappa shape index (κ1) is 17.5. The van der Waals surface area contributed by atoms with Crippen molar-refractivity contribution in [3.63, 3.8) is 0 Å². The molecule has 0 aliphatic carbocycles. The van der Waals surface area contributed by atoms with Crippen LogP contribution in [0.2, 0.25) is 0 Å². The zero-order valence-corrected chi connectivity index (χ0v) is 12.7. The van der Waals surface area contributed by atoms with Gasteiger partial charge in [0.15, 0.2) is 9.84 Å². The van der Waals surface area contributed by atoms with Crippen LogP contribution < -0.4 is 5.56 Å². The Kier molecular flexibility index (Phi) is 5.42. The van der Waals surface area contributed by atoms with Crippen LogP contribution in [0.15, 0.2) is 29.1 Å². The first-order valence-corrected chi connectivity index (χ1v) is 8.47. The lowest BCUT2D eigenvalue weighted by Crippen LogP contribution is -2.21. The number of fused-ring (bicyclic) bond motifs is 1. The number of halogens is 3. The summed E-state index contributed by atoms with van der Waals surface area (Å²) < 4.78 is 65.2. The van der Waals surface area contributed by atoms with Gasteiger partial charge in [-0.25, -0.2) is 21.6 Å². The Hall–Kier alpha value is -1.87. The number of hydrogen-bond acceptors (Lipinski definition) is 4. The second-order valence-corrected chi connectivity index (χ2v) is 7.10. The number of alkyl halides is 2. The molecule has 126 valence electrons. The fraction of sp³-hybridized carbons (Fsp3) is 0.357. The highest BCUT2D eigenvalue weighted by Crippen LogP contribution is 2.14. The van der Waals surface area contributed by atoms with Gasteiger partial charge in [-0.3, -0.25) is 4.79 Å². The molecule has 0 amide bonds. The van der Waals surface area contributed by atoms with Gasteiger partial charge in [-0.1, -0.05) is 0 Å². The Morgan fingerprint density at radius 1 is 1.22 bits per heavy atom. The van der Waals surface area contributed by atoms with Crippen molar-refractivity contribution in [1.29, 1.82) is 0 Å². The van der Waals surface area contributed by atoms with E-state index in [2.05, 4.69) is 9.72 Å². The van der Waals surface area contributed by atoms with Crippen molar-refractivity contribution in [2.45, 2.75) is 12.2 Å². The third kappa shape index (κ3) is 5.07. The number of aromatic nitrogens is 1. The molecule has 0 saturated heterocycles. The normalized spacial score (nSPS) is 12.2. The van der Waals surface area contributed by atoms with Crippen LogP contribution in [0.3, 0.4) is 0 Å². The van der Waals surface area contributed by atoms with Crippen LogP contribution in [0.25, 0.3) is 10.9 Å². The topological polar surface area (TPSA) is 76.2 Å². The lowest BCUT2D eigenvalue weighted by atomic mass is 10.2. The number of rotatable bonds is 7. The number of pyridine rings is 1. The molecular weight excluding hydrogens is 335 g/mol. The maximum absolute atomic E-state index is 13.1. The molecule has 0 fully saturated rings. The molecule has 0 unspecified atom stereocenters. The third-order valence-corrected chi connectivity index (χ3v) is 4.58. The molecule has 23 heavy (non-hydrogen) atoms. The minimum absolute atomic E-state index is 0.00188. The lowest BCUT2D eigenvalue weighted by Gasteiger charge is -2.06. The van der Waals surface area contributed by atoms with E-state index in [0.717, 1.165) is 6.07 Å². The fourth-order valence-corrected chi connectivity index (χ4v) is 3.20. The quantitative estimate of drug-likeness (QED) is 0.774. The van der Waals surface area contributed by atoms with Crippen LogP contribution in [0.5, 0.6) is 0 Å². The lowest BCUT2D eigenvalue weighted by molar-refractivity contribution is 0.0234. The highest BCUT2D eigenvalue weighted by atomic mass is 32.2. The Bertz CT molecular complexity index is 849. The van der Waals surface area contributed by atoms with Crippen molar-refractivity contribution in [3.8, 4) is 0 Å². The Morgan fingerprint density at radius 3 is 2.65 bits per heavy atom. The van der Waals surface area contributed by atoms with E-state index in [4.69, 9.17) is 0 Å². The van der Waals surface area contributed by atoms with Gasteiger partial charge in [0.05, 0.1) is 23.6 Å². The summed E-state index contributed by atoms with van der Waals surface area (Å²) in [5.74, 6) is -1.54. The van der Waals surface area contributed by atoms with E-state index >= 15 is 0 Å². The molecule has 1 heterocycles. The minimum Gasteiger partial charge on any atom is -0.374 e. The predicted octanol–water partition coefficient (Wildman–Crippen LogP) is 1.86. The van der Waals surface area contributed by atoms with Crippen LogP contribution >= 0.6 is 0 Å². The van der Waals surface area contributed by atoms with E-state index in [1.807, 2.05) is 0 Å². The second-order valence-electron chi connectivity index (χ2n) is 4.91. The van der Waals surface area contributed by atoms with Gasteiger partial charge in [-0.15, -0.1) is 0 Å². The summed E-state index contributed by atoms with van der Waals surface area (Å²) >= 11 is 0. The van der Waals surface area contributed by atoms with Crippen LogP contribution in [-0.4, -0.2) is 38.8 Å². The zero-order valence-electron chi connectivity index (χ0n) is 11.9. The number of aromatic amines is 1. The third-order valence-electron chi connectivity index (χ3n) is 3.04. The van der Waals surface area contributed by atoms with Gasteiger partial charge < -0.3 is 9.72 Å². The summed E-state index contributed by atoms with van der Waals surface area (Å²) in [7, 11) is -3.70. The number of ether oxygens (including phenoxy) is 1. The Labute approximate surface area is 130 Å². The Balaban J connectivity index is 2.12. The average Bonchev–Trinajstić information content (AvgIpc) is 2.44. The van der Waals surface area contributed by atoms with E-state index in [9.17, 15) is 26.4 Å². The number of benzene rings is 1. The average molecular weight is 349 g/mol. The number of sulfone groups is 1. The summed E-state index contributed by atoms with van der Waals surface area (Å²) in [6.07, 6.45) is -2.67.